The van der Waals surface area contributed by atoms with Crippen molar-refractivity contribution in [1.29, 1.82) is 0 Å². The van der Waals surface area contributed by atoms with Crippen molar-refractivity contribution in [3.8, 4) is 0 Å². The average Bonchev–Trinajstić information content (AvgIpc) is 3.41. The first-order valence-electron chi connectivity index (χ1n) is 15.3. The number of carbonyl (C=O) groups is 3. The number of anilines is 1. The third-order valence-corrected chi connectivity index (χ3v) is 8.03. The maximum atomic E-state index is 13.6. The van der Waals surface area contributed by atoms with Crippen molar-refractivity contribution in [2.45, 2.75) is 102 Å². The first-order valence-corrected chi connectivity index (χ1v) is 16.7. The van der Waals surface area contributed by atoms with Crippen LogP contribution < -0.4 is 20.4 Å². The van der Waals surface area contributed by atoms with E-state index in [0.717, 1.165) is 12.1 Å². The molecule has 3 amide bonds. The molecule has 16 heteroatoms. The van der Waals surface area contributed by atoms with Crippen molar-refractivity contribution in [2.75, 3.05) is 11.6 Å². The molecule has 0 saturated heterocycles. The molecule has 0 radical (unpaired) electrons. The number of nitrogens with zero attached hydrogens (tertiary/aromatic N) is 2. The summed E-state index contributed by atoms with van der Waals surface area (Å²) in [6.07, 6.45) is -5.91. The number of hydrazone groups is 1. The van der Waals surface area contributed by atoms with Crippen LogP contribution >= 0.6 is 0 Å². The van der Waals surface area contributed by atoms with E-state index < -0.39 is 69.7 Å². The number of rotatable bonds is 11. The number of unbranched alkanes of at least 4 members (excludes halogenated alkanes) is 1. The fraction of sp³-hybridized carbons (Fsp3) is 0.500. The molecule has 2 aromatic rings. The Bertz CT molecular complexity index is 1570. The van der Waals surface area contributed by atoms with Crippen molar-refractivity contribution in [3.63, 3.8) is 0 Å². The Morgan fingerprint density at radius 2 is 1.48 bits per heavy atom. The summed E-state index contributed by atoms with van der Waals surface area (Å²) >= 11 is 0. The minimum Gasteiger partial charge on any atom is -0.444 e. The van der Waals surface area contributed by atoms with Gasteiger partial charge >= 0.3 is 18.4 Å². The van der Waals surface area contributed by atoms with Gasteiger partial charge in [-0.25, -0.2) is 22.7 Å². The number of ether oxygens (including phenoxy) is 2. The lowest BCUT2D eigenvalue weighted by molar-refractivity contribution is -0.121. The summed E-state index contributed by atoms with van der Waals surface area (Å²) in [6.45, 7) is 10.2. The second kappa shape index (κ2) is 15.3. The number of carbonyl (C=O) groups excluding carboxylic acids is 3. The fourth-order valence-electron chi connectivity index (χ4n) is 4.59. The van der Waals surface area contributed by atoms with Gasteiger partial charge in [0.2, 0.25) is 0 Å². The standard InChI is InChI=1S/C32H42F3N5O7S/c1-30(2,3)46-28(42)36-19-11-10-14-24(37-29(43)47-31(4,5)6)27(41)39-48(44,45)23-17-15-22(16-18-23)40-25(21-12-8-7-9-13-21)20-26(38-40)32(33,34)35/h7-9,12-13,15-18,24-25H,10-11,14,19-20H2,1-6H3,(H,36,42)(H,37,43)(H,39,41). The van der Waals surface area contributed by atoms with E-state index >= 15 is 0 Å². The number of halogens is 3. The predicted octanol–water partition coefficient (Wildman–Crippen LogP) is 5.95. The Kier molecular flexibility index (Phi) is 12.1. The second-order valence-electron chi connectivity index (χ2n) is 13.1. The normalized spacial score (nSPS) is 16.1. The van der Waals surface area contributed by atoms with E-state index in [1.54, 1.807) is 71.9 Å². The molecule has 12 nitrogen and oxygen atoms in total. The van der Waals surface area contributed by atoms with Gasteiger partial charge in [-0.2, -0.15) is 18.3 Å². The molecule has 1 heterocycles. The van der Waals surface area contributed by atoms with E-state index in [2.05, 4.69) is 15.7 Å². The molecular formula is C32H42F3N5O7S. The third-order valence-electron chi connectivity index (χ3n) is 6.66. The van der Waals surface area contributed by atoms with E-state index in [1.807, 2.05) is 4.72 Å². The van der Waals surface area contributed by atoms with Crippen LogP contribution in [0.5, 0.6) is 0 Å². The van der Waals surface area contributed by atoms with E-state index in [-0.39, 0.29) is 23.5 Å². The first-order chi connectivity index (χ1) is 22.1. The topological polar surface area (TPSA) is 156 Å². The average molecular weight is 698 g/mol. The first kappa shape index (κ1) is 38.1. The molecule has 2 aromatic carbocycles. The van der Waals surface area contributed by atoms with E-state index in [9.17, 15) is 36.0 Å². The molecule has 0 bridgehead atoms. The molecule has 3 N–H and O–H groups in total. The van der Waals surface area contributed by atoms with Crippen molar-refractivity contribution in [3.05, 3.63) is 60.2 Å². The van der Waals surface area contributed by atoms with Gasteiger partial charge in [-0.3, -0.25) is 9.80 Å². The summed E-state index contributed by atoms with van der Waals surface area (Å²) in [5, 5.41) is 9.96. The molecule has 2 unspecified atom stereocenters. The Morgan fingerprint density at radius 1 is 0.896 bits per heavy atom. The lowest BCUT2D eigenvalue weighted by atomic mass is 10.0. The molecule has 0 spiro atoms. The van der Waals surface area contributed by atoms with Crippen LogP contribution in [0.1, 0.15) is 78.8 Å². The zero-order valence-corrected chi connectivity index (χ0v) is 28.5. The highest BCUT2D eigenvalue weighted by atomic mass is 32.2. The number of amides is 3. The van der Waals surface area contributed by atoms with Crippen LogP contribution in [-0.4, -0.2) is 62.2 Å². The van der Waals surface area contributed by atoms with Gasteiger partial charge in [0.15, 0.2) is 0 Å². The van der Waals surface area contributed by atoms with Crippen LogP contribution in [0.4, 0.5) is 28.4 Å². The summed E-state index contributed by atoms with van der Waals surface area (Å²) in [5.74, 6) is -1.03. The summed E-state index contributed by atoms with van der Waals surface area (Å²) in [4.78, 5) is 37.2. The van der Waals surface area contributed by atoms with E-state index in [1.165, 1.54) is 17.1 Å². The minimum absolute atomic E-state index is 0.00487. The van der Waals surface area contributed by atoms with E-state index in [0.29, 0.717) is 18.4 Å². The molecular weight excluding hydrogens is 655 g/mol. The Labute approximate surface area is 278 Å². The monoisotopic (exact) mass is 697 g/mol. The molecule has 0 saturated carbocycles. The predicted molar refractivity (Wildman–Crippen MR) is 173 cm³/mol. The highest BCUT2D eigenvalue weighted by Gasteiger charge is 2.43. The van der Waals surface area contributed by atoms with Gasteiger partial charge in [0, 0.05) is 13.0 Å². The molecule has 48 heavy (non-hydrogen) atoms. The van der Waals surface area contributed by atoms with Crippen LogP contribution in [-0.2, 0) is 24.3 Å². The van der Waals surface area contributed by atoms with Gasteiger partial charge in [0.1, 0.15) is 23.0 Å². The number of alkyl halides is 3. The maximum absolute atomic E-state index is 13.6. The lowest BCUT2D eigenvalue weighted by Gasteiger charge is -2.24. The number of sulfonamides is 1. The van der Waals surface area contributed by atoms with Crippen molar-refractivity contribution in [2.24, 2.45) is 5.10 Å². The largest absolute Gasteiger partial charge is 0.444 e. The second-order valence-corrected chi connectivity index (χ2v) is 14.8. The van der Waals surface area contributed by atoms with E-state index in [4.69, 9.17) is 9.47 Å². The Morgan fingerprint density at radius 3 is 2.04 bits per heavy atom. The van der Waals surface area contributed by atoms with Gasteiger partial charge in [-0.15, -0.1) is 0 Å². The van der Waals surface area contributed by atoms with Crippen molar-refractivity contribution in [1.82, 2.24) is 15.4 Å². The molecule has 1 aliphatic heterocycles. The number of nitrogens with one attached hydrogen (secondary N) is 3. The number of hydrogen-bond donors (Lipinski definition) is 3. The number of alkyl carbamates (subject to hydrolysis) is 2. The third kappa shape index (κ3) is 11.7. The van der Waals surface area contributed by atoms with Crippen LogP contribution in [0.15, 0.2) is 64.6 Å². The van der Waals surface area contributed by atoms with Crippen LogP contribution in [0.2, 0.25) is 0 Å². The molecule has 1 aliphatic rings. The summed E-state index contributed by atoms with van der Waals surface area (Å²) < 4.78 is 79.5. The summed E-state index contributed by atoms with van der Waals surface area (Å²) in [5.41, 5.74) is -1.74. The van der Waals surface area contributed by atoms with Gasteiger partial charge in [-0.05, 0) is 90.6 Å². The summed E-state index contributed by atoms with van der Waals surface area (Å²) in [7, 11) is -4.48. The minimum atomic E-state index is -4.65. The molecule has 264 valence electrons. The zero-order chi connectivity index (χ0) is 35.9. The Hall–Kier alpha value is -4.34. The fourth-order valence-corrected chi connectivity index (χ4v) is 5.61. The Balaban J connectivity index is 1.73. The highest BCUT2D eigenvalue weighted by molar-refractivity contribution is 7.90. The molecule has 2 atom stereocenters. The molecule has 0 fully saturated rings. The SMILES string of the molecule is CC(C)(C)OC(=O)NCCCCC(NC(=O)OC(C)(C)C)C(=O)NS(=O)(=O)c1ccc(N2N=C(C(F)(F)F)CC2c2ccccc2)cc1. The highest BCUT2D eigenvalue weighted by Crippen LogP contribution is 2.39. The van der Waals surface area contributed by atoms with Gasteiger partial charge in [0.05, 0.1) is 16.6 Å². The number of benzene rings is 2. The molecule has 0 aromatic heterocycles. The van der Waals surface area contributed by atoms with Crippen molar-refractivity contribution < 1.29 is 45.4 Å². The van der Waals surface area contributed by atoms with Crippen LogP contribution in [0, 0.1) is 0 Å². The van der Waals surface area contributed by atoms with Crippen molar-refractivity contribution >= 4 is 39.5 Å². The van der Waals surface area contributed by atoms with Gasteiger partial charge in [0.25, 0.3) is 15.9 Å². The quantitative estimate of drug-likeness (QED) is 0.244. The van der Waals surface area contributed by atoms with Gasteiger partial charge in [-0.1, -0.05) is 30.3 Å². The zero-order valence-electron chi connectivity index (χ0n) is 27.7. The van der Waals surface area contributed by atoms with Crippen LogP contribution in [0.3, 0.4) is 0 Å². The smallest absolute Gasteiger partial charge is 0.431 e. The summed E-state index contributed by atoms with van der Waals surface area (Å²) in [6, 6.07) is 11.3. The lowest BCUT2D eigenvalue weighted by Crippen LogP contribution is -2.49. The number of hydrogen-bond acceptors (Lipinski definition) is 9. The molecule has 3 rings (SSSR count). The van der Waals surface area contributed by atoms with Gasteiger partial charge < -0.3 is 20.1 Å². The maximum Gasteiger partial charge on any atom is 0.431 e. The molecule has 0 aliphatic carbocycles. The van der Waals surface area contributed by atoms with Crippen LogP contribution in [0.25, 0.3) is 0 Å².